The summed E-state index contributed by atoms with van der Waals surface area (Å²) in [5.74, 6) is 2.36. The molecule has 0 amide bonds. The van der Waals surface area contributed by atoms with Crippen LogP contribution in [-0.2, 0) is 0 Å². The van der Waals surface area contributed by atoms with Crippen LogP contribution in [0.2, 0.25) is 0 Å². The minimum Gasteiger partial charge on any atom is -0.208 e. The monoisotopic (exact) mass is 599 g/mol. The van der Waals surface area contributed by atoms with Crippen molar-refractivity contribution in [3.05, 3.63) is 151 Å². The Hall–Kier alpha value is -4.84. The van der Waals surface area contributed by atoms with Crippen LogP contribution in [0.3, 0.4) is 0 Å². The molecule has 0 saturated carbocycles. The number of hydrogen-bond donors (Lipinski definition) is 0. The first-order valence-electron chi connectivity index (χ1n) is 14.8. The summed E-state index contributed by atoms with van der Waals surface area (Å²) in [6, 6.07) is 42.4. The number of rotatable bonds is 4. The third kappa shape index (κ3) is 4.23. The van der Waals surface area contributed by atoms with E-state index in [0.29, 0.717) is 28.6 Å². The molecule has 3 nitrogen and oxygen atoms in total. The van der Waals surface area contributed by atoms with Crippen LogP contribution in [0.4, 0.5) is 0 Å². The smallest absolute Gasteiger partial charge is 0.164 e. The van der Waals surface area contributed by atoms with Crippen molar-refractivity contribution in [3.63, 3.8) is 0 Å². The average molecular weight is 600 g/mol. The highest BCUT2D eigenvalue weighted by Gasteiger charge is 2.37. The van der Waals surface area contributed by atoms with E-state index in [1.165, 1.54) is 41.8 Å². The van der Waals surface area contributed by atoms with Crippen LogP contribution in [0.25, 0.3) is 59.9 Å². The van der Waals surface area contributed by atoms with Crippen molar-refractivity contribution in [2.75, 3.05) is 0 Å². The molecule has 5 aromatic carbocycles. The molecule has 2 atom stereocenters. The highest BCUT2D eigenvalue weighted by molar-refractivity contribution is 8.00. The molecular formula is C39H25N3S2. The van der Waals surface area contributed by atoms with E-state index < -0.39 is 0 Å². The molecule has 1 aliphatic carbocycles. The summed E-state index contributed by atoms with van der Waals surface area (Å²) in [4.78, 5) is 16.2. The molecule has 0 saturated heterocycles. The molecular weight excluding hydrogens is 575 g/mol. The van der Waals surface area contributed by atoms with E-state index in [4.69, 9.17) is 15.0 Å². The Morgan fingerprint density at radius 3 is 1.93 bits per heavy atom. The standard InChI is InChI=1S/C39H25N3S2/c1-3-11-24(12-4-1)37-40-38(25-13-5-2-6-14-25)42-39(41-37)27-16-9-15-26(23-27)28-18-10-19-31-34-33(44-35(28)31)22-21-30-29-17-7-8-20-32(29)43-36(30)34/h1-23,31,35H. The fourth-order valence-electron chi connectivity index (χ4n) is 6.44. The van der Waals surface area contributed by atoms with Gasteiger partial charge < -0.3 is 0 Å². The number of aromatic nitrogens is 3. The lowest BCUT2D eigenvalue weighted by molar-refractivity contribution is 0.905. The first-order chi connectivity index (χ1) is 21.8. The summed E-state index contributed by atoms with van der Waals surface area (Å²) in [5, 5.41) is 3.05. The molecule has 7 aromatic rings. The number of fused-ring (bicyclic) bond motifs is 7. The molecule has 2 aromatic heterocycles. The quantitative estimate of drug-likeness (QED) is 0.202. The third-order valence-electron chi connectivity index (χ3n) is 8.51. The van der Waals surface area contributed by atoms with Crippen molar-refractivity contribution < 1.29 is 0 Å². The Bertz CT molecular complexity index is 2210. The van der Waals surface area contributed by atoms with Gasteiger partial charge in [-0.2, -0.15) is 0 Å². The molecule has 2 aliphatic rings. The minimum absolute atomic E-state index is 0.319. The second-order valence-electron chi connectivity index (χ2n) is 11.1. The molecule has 9 rings (SSSR count). The second-order valence-corrected chi connectivity index (χ2v) is 13.4. The minimum atomic E-state index is 0.319. The SMILES string of the molecule is C1=CC2c3c(ccc4c3sc3ccccc34)SC2C(c2cccc(-c3nc(-c4ccccc4)nc(-c4ccccc4)n3)c2)=C1. The molecule has 0 radical (unpaired) electrons. The molecule has 3 heterocycles. The lowest BCUT2D eigenvalue weighted by Crippen LogP contribution is -2.13. The van der Waals surface area contributed by atoms with Gasteiger partial charge in [-0.1, -0.05) is 121 Å². The summed E-state index contributed by atoms with van der Waals surface area (Å²) in [6.45, 7) is 0. The Labute approximate surface area is 263 Å². The average Bonchev–Trinajstić information content (AvgIpc) is 3.67. The topological polar surface area (TPSA) is 38.7 Å². The molecule has 0 N–H and O–H groups in total. The van der Waals surface area contributed by atoms with Crippen LogP contribution >= 0.6 is 23.1 Å². The normalized spacial score (nSPS) is 17.0. The van der Waals surface area contributed by atoms with Gasteiger partial charge in [-0.15, -0.1) is 23.1 Å². The van der Waals surface area contributed by atoms with E-state index in [9.17, 15) is 0 Å². The van der Waals surface area contributed by atoms with Crippen LogP contribution in [0.15, 0.2) is 144 Å². The van der Waals surface area contributed by atoms with Crippen LogP contribution in [0.5, 0.6) is 0 Å². The summed E-state index contributed by atoms with van der Waals surface area (Å²) in [6.07, 6.45) is 6.93. The molecule has 1 aliphatic heterocycles. The van der Waals surface area contributed by atoms with E-state index in [1.807, 2.05) is 83.8 Å². The number of benzene rings is 5. The van der Waals surface area contributed by atoms with Gasteiger partial charge in [0.2, 0.25) is 0 Å². The van der Waals surface area contributed by atoms with Crippen LogP contribution in [0, 0.1) is 0 Å². The summed E-state index contributed by atoms with van der Waals surface area (Å²) < 4.78 is 2.78. The summed E-state index contributed by atoms with van der Waals surface area (Å²) in [5.41, 5.74) is 6.96. The number of hydrogen-bond acceptors (Lipinski definition) is 5. The van der Waals surface area contributed by atoms with E-state index in [2.05, 4.69) is 78.9 Å². The molecule has 44 heavy (non-hydrogen) atoms. The van der Waals surface area contributed by atoms with E-state index in [1.54, 1.807) is 0 Å². The number of thioether (sulfide) groups is 1. The maximum absolute atomic E-state index is 4.98. The summed E-state index contributed by atoms with van der Waals surface area (Å²) >= 11 is 3.92. The Balaban J connectivity index is 1.12. The van der Waals surface area contributed by atoms with Gasteiger partial charge in [0.25, 0.3) is 0 Å². The number of nitrogens with zero attached hydrogens (tertiary/aromatic N) is 3. The predicted octanol–water partition coefficient (Wildman–Crippen LogP) is 10.5. The van der Waals surface area contributed by atoms with Gasteiger partial charge in [-0.25, -0.2) is 15.0 Å². The maximum Gasteiger partial charge on any atom is 0.164 e. The zero-order chi connectivity index (χ0) is 29.0. The van der Waals surface area contributed by atoms with Crippen molar-refractivity contribution >= 4 is 48.8 Å². The molecule has 0 spiro atoms. The fraction of sp³-hybridized carbons (Fsp3) is 0.0513. The zero-order valence-corrected chi connectivity index (χ0v) is 25.2. The van der Waals surface area contributed by atoms with E-state index in [-0.39, 0.29) is 0 Å². The highest BCUT2D eigenvalue weighted by atomic mass is 32.2. The zero-order valence-electron chi connectivity index (χ0n) is 23.6. The van der Waals surface area contributed by atoms with Gasteiger partial charge in [0.1, 0.15) is 0 Å². The Kier molecular flexibility index (Phi) is 6.06. The van der Waals surface area contributed by atoms with Crippen molar-refractivity contribution in [3.8, 4) is 34.2 Å². The maximum atomic E-state index is 4.98. The third-order valence-corrected chi connectivity index (χ3v) is 11.1. The van der Waals surface area contributed by atoms with Gasteiger partial charge in [0.05, 0.1) is 0 Å². The first kappa shape index (κ1) is 25.6. The highest BCUT2D eigenvalue weighted by Crippen LogP contribution is 2.56. The van der Waals surface area contributed by atoms with E-state index in [0.717, 1.165) is 16.7 Å². The van der Waals surface area contributed by atoms with Crippen LogP contribution in [0.1, 0.15) is 17.0 Å². The van der Waals surface area contributed by atoms with Crippen molar-refractivity contribution in [1.29, 1.82) is 0 Å². The lowest BCUT2D eigenvalue weighted by atomic mass is 9.84. The van der Waals surface area contributed by atoms with Gasteiger partial charge in [-0.05, 0) is 34.9 Å². The lowest BCUT2D eigenvalue weighted by Gasteiger charge is -2.23. The Morgan fingerprint density at radius 1 is 0.545 bits per heavy atom. The molecule has 5 heteroatoms. The Morgan fingerprint density at radius 2 is 1.18 bits per heavy atom. The first-order valence-corrected chi connectivity index (χ1v) is 16.5. The molecule has 208 valence electrons. The molecule has 2 unspecified atom stereocenters. The van der Waals surface area contributed by atoms with Gasteiger partial charge in [0, 0.05) is 52.9 Å². The van der Waals surface area contributed by atoms with Crippen LogP contribution < -0.4 is 0 Å². The summed E-state index contributed by atoms with van der Waals surface area (Å²) in [7, 11) is 0. The van der Waals surface area contributed by atoms with Crippen LogP contribution in [-0.4, -0.2) is 20.2 Å². The van der Waals surface area contributed by atoms with Crippen molar-refractivity contribution in [1.82, 2.24) is 15.0 Å². The number of allylic oxidation sites excluding steroid dienone is 3. The largest absolute Gasteiger partial charge is 0.208 e. The van der Waals surface area contributed by atoms with E-state index >= 15 is 0 Å². The molecule has 0 fully saturated rings. The molecule has 0 bridgehead atoms. The van der Waals surface area contributed by atoms with Crippen molar-refractivity contribution in [2.24, 2.45) is 0 Å². The van der Waals surface area contributed by atoms with Gasteiger partial charge >= 0.3 is 0 Å². The number of thiophene rings is 1. The van der Waals surface area contributed by atoms with Crippen molar-refractivity contribution in [2.45, 2.75) is 16.1 Å². The van der Waals surface area contributed by atoms with Gasteiger partial charge in [0.15, 0.2) is 17.5 Å². The fourth-order valence-corrected chi connectivity index (χ4v) is 9.30. The predicted molar refractivity (Wildman–Crippen MR) is 185 cm³/mol. The van der Waals surface area contributed by atoms with Gasteiger partial charge in [-0.3, -0.25) is 0 Å². The second kappa shape index (κ2) is 10.4.